The molecule has 0 unspecified atom stereocenters. The summed E-state index contributed by atoms with van der Waals surface area (Å²) in [6.07, 6.45) is 1.00. The number of hydrogen-bond donors (Lipinski definition) is 0. The fraction of sp³-hybridized carbons (Fsp3) is 0.364. The zero-order valence-electron chi connectivity index (χ0n) is 15.1. The Morgan fingerprint density at radius 2 is 1.56 bits per heavy atom. The van der Waals surface area contributed by atoms with E-state index in [2.05, 4.69) is 32.6 Å². The van der Waals surface area contributed by atoms with Crippen molar-refractivity contribution in [2.45, 2.75) is 27.2 Å². The number of benzene rings is 2. The van der Waals surface area contributed by atoms with Gasteiger partial charge in [0.25, 0.3) is 0 Å². The largest absolute Gasteiger partial charge is 0.494 e. The van der Waals surface area contributed by atoms with Gasteiger partial charge >= 0.3 is 0 Å². The van der Waals surface area contributed by atoms with Crippen molar-refractivity contribution >= 4 is 0 Å². The van der Waals surface area contributed by atoms with Gasteiger partial charge in [0.2, 0.25) is 0 Å². The highest BCUT2D eigenvalue weighted by atomic mass is 16.5. The van der Waals surface area contributed by atoms with Crippen LogP contribution in [0.2, 0.25) is 0 Å². The van der Waals surface area contributed by atoms with Crippen LogP contribution in [0.4, 0.5) is 0 Å². The molecule has 3 nitrogen and oxygen atoms in total. The Morgan fingerprint density at radius 1 is 0.920 bits per heavy atom. The zero-order valence-corrected chi connectivity index (χ0v) is 15.1. The third-order valence-electron chi connectivity index (χ3n) is 3.86. The summed E-state index contributed by atoms with van der Waals surface area (Å²) < 4.78 is 17.3. The molecular formula is C22H24O3. The van der Waals surface area contributed by atoms with E-state index >= 15 is 0 Å². The normalized spacial score (nSPS) is 14.8. The maximum absolute atomic E-state index is 5.90. The number of hydrogen-bond acceptors (Lipinski definition) is 3. The summed E-state index contributed by atoms with van der Waals surface area (Å²) in [7, 11) is 0. The predicted octanol–water partition coefficient (Wildman–Crippen LogP) is 4.67. The highest BCUT2D eigenvalue weighted by Crippen LogP contribution is 2.34. The summed E-state index contributed by atoms with van der Waals surface area (Å²) in [5.41, 5.74) is 1.87. The average Bonchev–Trinajstić information content (AvgIpc) is 2.77. The van der Waals surface area contributed by atoms with Gasteiger partial charge in [-0.1, -0.05) is 32.6 Å². The van der Waals surface area contributed by atoms with E-state index in [0.717, 1.165) is 41.4 Å². The summed E-state index contributed by atoms with van der Waals surface area (Å²) in [5, 5.41) is 0. The maximum Gasteiger partial charge on any atom is 0.162 e. The molecule has 0 atom stereocenters. The first-order valence-corrected chi connectivity index (χ1v) is 8.70. The topological polar surface area (TPSA) is 27.7 Å². The molecule has 0 amide bonds. The van der Waals surface area contributed by atoms with E-state index in [9.17, 15) is 0 Å². The molecule has 2 aromatic carbocycles. The summed E-state index contributed by atoms with van der Waals surface area (Å²) in [5.74, 6) is 8.80. The Kier molecular flexibility index (Phi) is 5.19. The molecule has 1 aliphatic rings. The minimum absolute atomic E-state index is 0.00640. The van der Waals surface area contributed by atoms with Crippen molar-refractivity contribution in [2.24, 2.45) is 5.41 Å². The lowest BCUT2D eigenvalue weighted by Gasteiger charge is -2.19. The molecule has 0 saturated carbocycles. The third kappa shape index (κ3) is 4.70. The SMILES string of the molecule is CCCOc1ccc(C#Cc2ccc3c(c2)OCC(C)(C)CO3)cc1. The lowest BCUT2D eigenvalue weighted by molar-refractivity contribution is 0.140. The van der Waals surface area contributed by atoms with Crippen LogP contribution in [0, 0.1) is 17.3 Å². The van der Waals surface area contributed by atoms with Gasteiger partial charge in [0.05, 0.1) is 19.8 Å². The van der Waals surface area contributed by atoms with Gasteiger partial charge in [-0.3, -0.25) is 0 Å². The molecule has 0 fully saturated rings. The molecule has 0 radical (unpaired) electrons. The second-order valence-corrected chi connectivity index (χ2v) is 7.03. The Hall–Kier alpha value is -2.60. The van der Waals surface area contributed by atoms with Crippen molar-refractivity contribution < 1.29 is 14.2 Å². The smallest absolute Gasteiger partial charge is 0.162 e. The van der Waals surface area contributed by atoms with Crippen LogP contribution in [0.5, 0.6) is 17.2 Å². The van der Waals surface area contributed by atoms with E-state index in [1.54, 1.807) is 0 Å². The van der Waals surface area contributed by atoms with Gasteiger partial charge in [0, 0.05) is 16.5 Å². The van der Waals surface area contributed by atoms with E-state index in [1.165, 1.54) is 0 Å². The minimum atomic E-state index is 0.00640. The van der Waals surface area contributed by atoms with E-state index in [0.29, 0.717) is 13.2 Å². The van der Waals surface area contributed by atoms with Gasteiger partial charge in [0.15, 0.2) is 11.5 Å². The maximum atomic E-state index is 5.90. The van der Waals surface area contributed by atoms with Gasteiger partial charge in [-0.15, -0.1) is 0 Å². The summed E-state index contributed by atoms with van der Waals surface area (Å²) in [6, 6.07) is 13.7. The number of rotatable bonds is 3. The monoisotopic (exact) mass is 336 g/mol. The second-order valence-electron chi connectivity index (χ2n) is 7.03. The highest BCUT2D eigenvalue weighted by molar-refractivity contribution is 5.51. The van der Waals surface area contributed by atoms with Crippen LogP contribution in [-0.4, -0.2) is 19.8 Å². The van der Waals surface area contributed by atoms with Crippen LogP contribution < -0.4 is 14.2 Å². The van der Waals surface area contributed by atoms with Gasteiger partial charge in [0.1, 0.15) is 5.75 Å². The van der Waals surface area contributed by atoms with Crippen molar-refractivity contribution in [3.05, 3.63) is 53.6 Å². The molecule has 0 aliphatic carbocycles. The van der Waals surface area contributed by atoms with Crippen LogP contribution in [0.25, 0.3) is 0 Å². The fourth-order valence-corrected chi connectivity index (χ4v) is 2.40. The lowest BCUT2D eigenvalue weighted by Crippen LogP contribution is -2.26. The number of ether oxygens (including phenoxy) is 3. The van der Waals surface area contributed by atoms with Crippen LogP contribution in [0.1, 0.15) is 38.3 Å². The predicted molar refractivity (Wildman–Crippen MR) is 99.4 cm³/mol. The summed E-state index contributed by atoms with van der Waals surface area (Å²) in [6.45, 7) is 8.38. The molecule has 2 aromatic rings. The molecule has 0 saturated heterocycles. The molecule has 0 spiro atoms. The standard InChI is InChI=1S/C22H24O3/c1-4-13-23-19-10-7-17(8-11-19)5-6-18-9-12-20-21(14-18)25-16-22(2,3)15-24-20/h7-12,14H,4,13,15-16H2,1-3H3. The molecule has 3 rings (SSSR count). The number of fused-ring (bicyclic) bond motifs is 1. The Bertz CT molecular complexity index is 779. The summed E-state index contributed by atoms with van der Waals surface area (Å²) >= 11 is 0. The van der Waals surface area contributed by atoms with Gasteiger partial charge in [-0.2, -0.15) is 0 Å². The van der Waals surface area contributed by atoms with E-state index in [-0.39, 0.29) is 5.41 Å². The van der Waals surface area contributed by atoms with Crippen molar-refractivity contribution in [1.82, 2.24) is 0 Å². The lowest BCUT2D eigenvalue weighted by atomic mass is 9.97. The Balaban J connectivity index is 1.72. The Morgan fingerprint density at radius 3 is 2.28 bits per heavy atom. The van der Waals surface area contributed by atoms with Crippen LogP contribution in [-0.2, 0) is 0 Å². The van der Waals surface area contributed by atoms with E-state index in [1.807, 2.05) is 42.5 Å². The van der Waals surface area contributed by atoms with E-state index < -0.39 is 0 Å². The van der Waals surface area contributed by atoms with Crippen LogP contribution >= 0.6 is 0 Å². The molecule has 1 heterocycles. The first-order chi connectivity index (χ1) is 12.1. The van der Waals surface area contributed by atoms with Gasteiger partial charge in [-0.05, 0) is 48.9 Å². The molecule has 0 bridgehead atoms. The van der Waals surface area contributed by atoms with E-state index in [4.69, 9.17) is 14.2 Å². The van der Waals surface area contributed by atoms with Crippen molar-refractivity contribution in [3.8, 4) is 29.1 Å². The van der Waals surface area contributed by atoms with Gasteiger partial charge in [-0.25, -0.2) is 0 Å². The quantitative estimate of drug-likeness (QED) is 0.762. The molecule has 0 aromatic heterocycles. The molecule has 130 valence electrons. The second kappa shape index (κ2) is 7.53. The average molecular weight is 336 g/mol. The molecule has 1 aliphatic heterocycles. The van der Waals surface area contributed by atoms with Crippen molar-refractivity contribution in [2.75, 3.05) is 19.8 Å². The molecule has 3 heteroatoms. The van der Waals surface area contributed by atoms with Crippen molar-refractivity contribution in [3.63, 3.8) is 0 Å². The van der Waals surface area contributed by atoms with Crippen LogP contribution in [0.15, 0.2) is 42.5 Å². The fourth-order valence-electron chi connectivity index (χ4n) is 2.40. The van der Waals surface area contributed by atoms with Crippen LogP contribution in [0.3, 0.4) is 0 Å². The molecular weight excluding hydrogens is 312 g/mol. The minimum Gasteiger partial charge on any atom is -0.494 e. The summed E-state index contributed by atoms with van der Waals surface area (Å²) in [4.78, 5) is 0. The zero-order chi connectivity index (χ0) is 17.7. The van der Waals surface area contributed by atoms with Gasteiger partial charge < -0.3 is 14.2 Å². The molecule has 0 N–H and O–H groups in total. The first-order valence-electron chi connectivity index (χ1n) is 8.70. The Labute approximate surface area is 149 Å². The third-order valence-corrected chi connectivity index (χ3v) is 3.86. The highest BCUT2D eigenvalue weighted by Gasteiger charge is 2.25. The first kappa shape index (κ1) is 17.2. The van der Waals surface area contributed by atoms with Crippen molar-refractivity contribution in [1.29, 1.82) is 0 Å². The molecule has 25 heavy (non-hydrogen) atoms.